The zero-order chi connectivity index (χ0) is 31.4. The number of carbonyl (C=O) groups is 4. The lowest BCUT2D eigenvalue weighted by molar-refractivity contribution is -0.142. The minimum Gasteiger partial charge on any atom is -0.508 e. The molecule has 3 rings (SSSR count). The number of hydrogen-bond donors (Lipinski definition) is 6. The highest BCUT2D eigenvalue weighted by Crippen LogP contribution is 2.13. The molecule has 0 heterocycles. The molecule has 5 atom stereocenters. The van der Waals surface area contributed by atoms with Crippen LogP contribution >= 0.6 is 0 Å². The molecule has 3 aromatic carbocycles. The molecule has 0 spiro atoms. The monoisotopic (exact) mass is 588 g/mol. The number of hydrogen-bond acceptors (Lipinski definition) is 6. The number of benzene rings is 3. The van der Waals surface area contributed by atoms with Gasteiger partial charge in [0.05, 0.1) is 6.04 Å². The Morgan fingerprint density at radius 2 is 1.05 bits per heavy atom. The van der Waals surface area contributed by atoms with E-state index < -0.39 is 47.9 Å². The summed E-state index contributed by atoms with van der Waals surface area (Å²) in [5.74, 6) is -3.10. The number of phenols is 1. The lowest BCUT2D eigenvalue weighted by atomic mass is 9.98. The van der Waals surface area contributed by atoms with Crippen LogP contribution in [0.5, 0.6) is 5.75 Å². The second kappa shape index (κ2) is 16.1. The van der Waals surface area contributed by atoms with E-state index in [0.717, 1.165) is 11.1 Å². The molecule has 0 aromatic heterocycles. The average Bonchev–Trinajstić information content (AvgIpc) is 3.01. The summed E-state index contributed by atoms with van der Waals surface area (Å²) in [6.07, 6.45) is 0.887. The molecule has 10 nitrogen and oxygen atoms in total. The summed E-state index contributed by atoms with van der Waals surface area (Å²) >= 11 is 0. The molecule has 0 fully saturated rings. The first kappa shape index (κ1) is 32.8. The van der Waals surface area contributed by atoms with E-state index in [1.54, 1.807) is 36.4 Å². The number of carbonyl (C=O) groups excluding carboxylic acids is 3. The lowest BCUT2D eigenvalue weighted by Crippen LogP contribution is -2.58. The number of phenolic OH excluding ortho intramolecular Hbond substituents is 1. The molecular formula is C33H40N4O6. The summed E-state index contributed by atoms with van der Waals surface area (Å²) in [6, 6.07) is 19.9. The van der Waals surface area contributed by atoms with Crippen molar-refractivity contribution in [3.05, 3.63) is 102 Å². The third-order valence-corrected chi connectivity index (χ3v) is 7.38. The first-order chi connectivity index (χ1) is 20.6. The molecule has 0 saturated carbocycles. The van der Waals surface area contributed by atoms with Crippen molar-refractivity contribution in [2.75, 3.05) is 0 Å². The largest absolute Gasteiger partial charge is 0.508 e. The third kappa shape index (κ3) is 10.3. The van der Waals surface area contributed by atoms with E-state index in [0.29, 0.717) is 12.0 Å². The van der Waals surface area contributed by atoms with E-state index in [9.17, 15) is 29.4 Å². The van der Waals surface area contributed by atoms with Crippen LogP contribution in [0.4, 0.5) is 0 Å². The first-order valence-corrected chi connectivity index (χ1v) is 14.3. The summed E-state index contributed by atoms with van der Waals surface area (Å²) in [5, 5.41) is 27.5. The minimum absolute atomic E-state index is 0.0342. The van der Waals surface area contributed by atoms with Crippen molar-refractivity contribution < 1.29 is 29.4 Å². The molecule has 7 N–H and O–H groups in total. The van der Waals surface area contributed by atoms with Crippen LogP contribution in [-0.2, 0) is 38.4 Å². The molecular weight excluding hydrogens is 548 g/mol. The van der Waals surface area contributed by atoms with Crippen molar-refractivity contribution >= 4 is 23.7 Å². The fourth-order valence-electron chi connectivity index (χ4n) is 4.51. The maximum absolute atomic E-state index is 13.7. The normalized spacial score (nSPS) is 14.4. The maximum atomic E-state index is 13.7. The van der Waals surface area contributed by atoms with E-state index in [1.807, 2.05) is 50.2 Å². The highest BCUT2D eigenvalue weighted by atomic mass is 16.4. The van der Waals surface area contributed by atoms with Gasteiger partial charge in [0.25, 0.3) is 0 Å². The summed E-state index contributed by atoms with van der Waals surface area (Å²) in [4.78, 5) is 52.3. The summed E-state index contributed by atoms with van der Waals surface area (Å²) in [6.45, 7) is 3.78. The van der Waals surface area contributed by atoms with Crippen LogP contribution in [0, 0.1) is 5.92 Å². The fraction of sp³-hybridized carbons (Fsp3) is 0.333. The highest BCUT2D eigenvalue weighted by Gasteiger charge is 2.31. The lowest BCUT2D eigenvalue weighted by Gasteiger charge is -2.26. The molecule has 0 saturated heterocycles. The number of aliphatic carboxylic acids is 1. The Morgan fingerprint density at radius 1 is 0.651 bits per heavy atom. The third-order valence-electron chi connectivity index (χ3n) is 7.38. The van der Waals surface area contributed by atoms with Gasteiger partial charge in [0, 0.05) is 19.3 Å². The summed E-state index contributed by atoms with van der Waals surface area (Å²) in [7, 11) is 0. The average molecular weight is 589 g/mol. The molecule has 3 aromatic rings. The number of carboxylic acid groups (broad SMARTS) is 1. The molecule has 43 heavy (non-hydrogen) atoms. The Morgan fingerprint density at radius 3 is 1.49 bits per heavy atom. The number of nitrogens with two attached hydrogens (primary N) is 1. The summed E-state index contributed by atoms with van der Waals surface area (Å²) < 4.78 is 0. The molecule has 0 bridgehead atoms. The van der Waals surface area contributed by atoms with Gasteiger partial charge in [0.1, 0.15) is 23.9 Å². The van der Waals surface area contributed by atoms with Gasteiger partial charge in [-0.2, -0.15) is 0 Å². The number of nitrogens with one attached hydrogen (secondary N) is 3. The fourth-order valence-corrected chi connectivity index (χ4v) is 4.51. The Balaban J connectivity index is 1.84. The SMILES string of the molecule is CCC(C)C(N)C(=O)NC(Cc1ccccc1)C(=O)NC(Cc1ccccc1)C(=O)NC(Cc1ccc(O)cc1)C(=O)O. The van der Waals surface area contributed by atoms with E-state index in [1.165, 1.54) is 12.1 Å². The van der Waals surface area contributed by atoms with Crippen molar-refractivity contribution in [1.82, 2.24) is 16.0 Å². The van der Waals surface area contributed by atoms with Gasteiger partial charge in [0.15, 0.2) is 0 Å². The topological polar surface area (TPSA) is 171 Å². The first-order valence-electron chi connectivity index (χ1n) is 14.3. The highest BCUT2D eigenvalue weighted by molar-refractivity contribution is 5.94. The summed E-state index contributed by atoms with van der Waals surface area (Å²) in [5.41, 5.74) is 8.28. The van der Waals surface area contributed by atoms with Gasteiger partial charge >= 0.3 is 5.97 Å². The van der Waals surface area contributed by atoms with Gasteiger partial charge in [-0.1, -0.05) is 93.1 Å². The number of amides is 3. The quantitative estimate of drug-likeness (QED) is 0.158. The van der Waals surface area contributed by atoms with Gasteiger partial charge in [-0.05, 0) is 34.7 Å². The Bertz CT molecular complexity index is 1350. The van der Waals surface area contributed by atoms with Gasteiger partial charge in [-0.15, -0.1) is 0 Å². The predicted octanol–water partition coefficient (Wildman–Crippen LogP) is 2.33. The van der Waals surface area contributed by atoms with Gasteiger partial charge in [0.2, 0.25) is 17.7 Å². The van der Waals surface area contributed by atoms with E-state index in [4.69, 9.17) is 5.73 Å². The Labute approximate surface area is 251 Å². The van der Waals surface area contributed by atoms with E-state index >= 15 is 0 Å². The van der Waals surface area contributed by atoms with Crippen LogP contribution in [0.25, 0.3) is 0 Å². The van der Waals surface area contributed by atoms with Gasteiger partial charge in [-0.3, -0.25) is 14.4 Å². The molecule has 0 aliphatic carbocycles. The van der Waals surface area contributed by atoms with Crippen LogP contribution in [0.2, 0.25) is 0 Å². The Hall–Kier alpha value is -4.70. The zero-order valence-electron chi connectivity index (χ0n) is 24.4. The van der Waals surface area contributed by atoms with Crippen molar-refractivity contribution in [2.24, 2.45) is 11.7 Å². The van der Waals surface area contributed by atoms with Crippen molar-refractivity contribution in [3.8, 4) is 5.75 Å². The molecule has 228 valence electrons. The van der Waals surface area contributed by atoms with Gasteiger partial charge < -0.3 is 31.9 Å². The van der Waals surface area contributed by atoms with Crippen LogP contribution < -0.4 is 21.7 Å². The number of rotatable bonds is 15. The molecule has 10 heteroatoms. The molecule has 0 aliphatic rings. The van der Waals surface area contributed by atoms with Crippen LogP contribution in [0.15, 0.2) is 84.9 Å². The number of carboxylic acids is 1. The smallest absolute Gasteiger partial charge is 0.326 e. The van der Waals surface area contributed by atoms with E-state index in [-0.39, 0.29) is 30.9 Å². The van der Waals surface area contributed by atoms with Crippen molar-refractivity contribution in [1.29, 1.82) is 0 Å². The van der Waals surface area contributed by atoms with Crippen molar-refractivity contribution in [2.45, 2.75) is 63.7 Å². The molecule has 3 amide bonds. The van der Waals surface area contributed by atoms with Crippen molar-refractivity contribution in [3.63, 3.8) is 0 Å². The van der Waals surface area contributed by atoms with E-state index in [2.05, 4.69) is 16.0 Å². The predicted molar refractivity (Wildman–Crippen MR) is 163 cm³/mol. The molecule has 5 unspecified atom stereocenters. The van der Waals surface area contributed by atoms with Crippen LogP contribution in [-0.4, -0.2) is 58.1 Å². The van der Waals surface area contributed by atoms with Crippen LogP contribution in [0.1, 0.15) is 37.0 Å². The maximum Gasteiger partial charge on any atom is 0.326 e. The molecule has 0 aliphatic heterocycles. The van der Waals surface area contributed by atoms with Crippen LogP contribution in [0.3, 0.4) is 0 Å². The zero-order valence-corrected chi connectivity index (χ0v) is 24.4. The Kier molecular flexibility index (Phi) is 12.3. The molecule has 0 radical (unpaired) electrons. The number of aromatic hydroxyl groups is 1. The second-order valence-electron chi connectivity index (χ2n) is 10.7. The second-order valence-corrected chi connectivity index (χ2v) is 10.7. The standard InChI is InChI=1S/C33H40N4O6/c1-3-21(2)29(34)32(41)36-27(19-23-12-8-5-9-13-23)30(39)35-26(18-22-10-6-4-7-11-22)31(40)37-28(33(42)43)20-24-14-16-25(38)17-15-24/h4-17,21,26-29,38H,3,18-20,34H2,1-2H3,(H,35,39)(H,36,41)(H,37,40)(H,42,43). The minimum atomic E-state index is -1.29. The van der Waals surface area contributed by atoms with Gasteiger partial charge in [-0.25, -0.2) is 4.79 Å².